The van der Waals surface area contributed by atoms with E-state index in [0.29, 0.717) is 11.5 Å². The number of halogens is 3. The summed E-state index contributed by atoms with van der Waals surface area (Å²) in [5.41, 5.74) is 1.10. The lowest BCUT2D eigenvalue weighted by Crippen LogP contribution is -2.28. The smallest absolute Gasteiger partial charge is 0.321 e. The molecule has 3 atom stereocenters. The largest absolute Gasteiger partial charge is 0.384 e. The zero-order valence-electron chi connectivity index (χ0n) is 18.8. The molecule has 182 valence electrons. The van der Waals surface area contributed by atoms with Crippen LogP contribution < -0.4 is 0 Å². The number of hydrogen-bond donors (Lipinski definition) is 0. The van der Waals surface area contributed by atoms with Crippen molar-refractivity contribution in [2.45, 2.75) is 25.6 Å². The van der Waals surface area contributed by atoms with Crippen LogP contribution in [0.4, 0.5) is 13.2 Å². The Morgan fingerprint density at radius 1 is 1.24 bits per heavy atom. The lowest BCUT2D eigenvalue weighted by Gasteiger charge is -2.17. The lowest BCUT2D eigenvalue weighted by molar-refractivity contribution is 0.0828. The van der Waals surface area contributed by atoms with E-state index in [9.17, 15) is 21.6 Å². The van der Waals surface area contributed by atoms with Crippen molar-refractivity contribution in [1.82, 2.24) is 14.2 Å². The van der Waals surface area contributed by atoms with E-state index in [4.69, 9.17) is 4.84 Å². The van der Waals surface area contributed by atoms with E-state index in [0.717, 1.165) is 16.1 Å². The first-order chi connectivity index (χ1) is 16.1. The molecule has 0 bridgehead atoms. The maximum absolute atomic E-state index is 14.6. The van der Waals surface area contributed by atoms with Crippen molar-refractivity contribution in [3.63, 3.8) is 0 Å². The highest BCUT2D eigenvalue weighted by atomic mass is 32.2. The normalized spacial score (nSPS) is 23.1. The van der Waals surface area contributed by atoms with Crippen LogP contribution in [0, 0.1) is 24.5 Å². The molecule has 0 spiro atoms. The number of nitrogens with zero attached hydrogens (tertiary/aromatic N) is 5. The molecule has 3 heterocycles. The third-order valence-corrected chi connectivity index (χ3v) is 7.06. The molecular formula is C22H24F3N5O3S. The number of amidine groups is 1. The number of aryl methyl sites for hydroxylation is 1. The molecule has 4 rings (SSSR count). The summed E-state index contributed by atoms with van der Waals surface area (Å²) in [7, 11) is -1.16. The predicted molar refractivity (Wildman–Crippen MR) is 121 cm³/mol. The summed E-state index contributed by atoms with van der Waals surface area (Å²) >= 11 is 0. The van der Waals surface area contributed by atoms with Crippen LogP contribution in [0.25, 0.3) is 11.1 Å². The van der Waals surface area contributed by atoms with Gasteiger partial charge in [-0.2, -0.15) is 17.1 Å². The average molecular weight is 496 g/mol. The maximum atomic E-state index is 14.6. The summed E-state index contributed by atoms with van der Waals surface area (Å²) in [6, 6.07) is 5.27. The fourth-order valence-corrected chi connectivity index (χ4v) is 4.38. The molecule has 2 aliphatic heterocycles. The van der Waals surface area contributed by atoms with E-state index in [1.165, 1.54) is 32.3 Å². The number of rotatable bonds is 5. The Labute approximate surface area is 195 Å². The van der Waals surface area contributed by atoms with Gasteiger partial charge in [-0.1, -0.05) is 11.2 Å². The molecule has 1 fully saturated rings. The number of pyridine rings is 1. The Bertz CT molecular complexity index is 1230. The molecule has 12 heteroatoms. The number of oxime groups is 1. The van der Waals surface area contributed by atoms with Crippen molar-refractivity contribution in [3.8, 4) is 11.1 Å². The fraction of sp³-hybridized carbons (Fsp3) is 0.409. The zero-order chi connectivity index (χ0) is 24.6. The van der Waals surface area contributed by atoms with Crippen molar-refractivity contribution >= 4 is 22.3 Å². The van der Waals surface area contributed by atoms with Gasteiger partial charge >= 0.3 is 10.2 Å². The molecule has 2 aromatic rings. The number of aromatic nitrogens is 1. The first-order valence-electron chi connectivity index (χ1n) is 10.6. The highest BCUT2D eigenvalue weighted by molar-refractivity contribution is 7.87. The molecule has 0 aliphatic carbocycles. The molecule has 34 heavy (non-hydrogen) atoms. The van der Waals surface area contributed by atoms with Gasteiger partial charge in [-0.3, -0.25) is 4.98 Å². The Morgan fingerprint density at radius 2 is 1.94 bits per heavy atom. The van der Waals surface area contributed by atoms with E-state index in [-0.39, 0.29) is 30.6 Å². The van der Waals surface area contributed by atoms with E-state index in [2.05, 4.69) is 14.5 Å². The quantitative estimate of drug-likeness (QED) is 0.595. The van der Waals surface area contributed by atoms with Gasteiger partial charge in [0.2, 0.25) is 0 Å². The van der Waals surface area contributed by atoms with E-state index in [1.807, 2.05) is 0 Å². The van der Waals surface area contributed by atoms with Crippen molar-refractivity contribution in [1.29, 1.82) is 0 Å². The molecule has 2 aliphatic rings. The van der Waals surface area contributed by atoms with Crippen LogP contribution in [0.1, 0.15) is 23.8 Å². The maximum Gasteiger partial charge on any atom is 0.321 e. The van der Waals surface area contributed by atoms with Gasteiger partial charge in [-0.05, 0) is 30.7 Å². The van der Waals surface area contributed by atoms with Gasteiger partial charge in [-0.25, -0.2) is 13.2 Å². The Kier molecular flexibility index (Phi) is 6.63. The van der Waals surface area contributed by atoms with Gasteiger partial charge in [0.25, 0.3) is 0 Å². The second-order valence-corrected chi connectivity index (χ2v) is 10.3. The topological polar surface area (TPSA) is 87.5 Å². The Hall–Kier alpha value is -2.99. The monoisotopic (exact) mass is 495 g/mol. The number of benzene rings is 1. The summed E-state index contributed by atoms with van der Waals surface area (Å²) in [5, 5.41) is 4.06. The Balaban J connectivity index is 1.52. The highest BCUT2D eigenvalue weighted by Crippen LogP contribution is 2.37. The van der Waals surface area contributed by atoms with Gasteiger partial charge in [0.15, 0.2) is 6.10 Å². The molecule has 1 aromatic carbocycles. The number of likely N-dealkylation sites (tertiary alicyclic amines) is 1. The summed E-state index contributed by atoms with van der Waals surface area (Å²) < 4.78 is 71.7. The van der Waals surface area contributed by atoms with Crippen molar-refractivity contribution in [3.05, 3.63) is 53.4 Å². The Morgan fingerprint density at radius 3 is 2.62 bits per heavy atom. The molecule has 0 N–H and O–H groups in total. The van der Waals surface area contributed by atoms with Crippen LogP contribution >= 0.6 is 0 Å². The first kappa shape index (κ1) is 24.1. The first-order valence-corrected chi connectivity index (χ1v) is 12.0. The molecule has 1 saturated heterocycles. The summed E-state index contributed by atoms with van der Waals surface area (Å²) in [6.07, 6.45) is 0.831. The lowest BCUT2D eigenvalue weighted by atomic mass is 9.97. The van der Waals surface area contributed by atoms with Gasteiger partial charge in [0.1, 0.15) is 23.6 Å². The van der Waals surface area contributed by atoms with E-state index in [1.54, 1.807) is 24.1 Å². The van der Waals surface area contributed by atoms with Gasteiger partial charge < -0.3 is 9.74 Å². The van der Waals surface area contributed by atoms with Crippen molar-refractivity contribution in [2.24, 2.45) is 15.5 Å². The van der Waals surface area contributed by atoms with E-state index >= 15 is 0 Å². The molecule has 0 radical (unpaired) electrons. The summed E-state index contributed by atoms with van der Waals surface area (Å²) in [4.78, 5) is 11.6. The van der Waals surface area contributed by atoms with Crippen molar-refractivity contribution in [2.75, 3.05) is 27.2 Å². The standard InChI is InChI=1S/C22H24F3N5O3S/c1-13-7-15(21-16(23)5-4-6-17(21)24)22(26-9-13)19-8-20(28-33-19)30-11-14(18(25)12-30)10-27-34(31,32)29(2)3/h4-7,9-10,14,18-19H,8,11-12H2,1-3H3/b27-10+/t14?,18-,19-/m0/s1. The summed E-state index contributed by atoms with van der Waals surface area (Å²) in [6.45, 7) is 1.92. The van der Waals surface area contributed by atoms with E-state index < -0.39 is 40.0 Å². The molecule has 0 amide bonds. The minimum Gasteiger partial charge on any atom is -0.384 e. The third kappa shape index (κ3) is 4.78. The minimum atomic E-state index is -3.84. The molecular weight excluding hydrogens is 471 g/mol. The van der Waals surface area contributed by atoms with Gasteiger partial charge in [-0.15, -0.1) is 0 Å². The predicted octanol–water partition coefficient (Wildman–Crippen LogP) is 3.26. The number of alkyl halides is 1. The van der Waals surface area contributed by atoms with Crippen LogP contribution in [0.2, 0.25) is 0 Å². The minimum absolute atomic E-state index is 0.0102. The third-order valence-electron chi connectivity index (χ3n) is 5.75. The van der Waals surface area contributed by atoms with Crippen LogP contribution in [0.15, 0.2) is 40.0 Å². The number of hydrogen-bond acceptors (Lipinski definition) is 6. The summed E-state index contributed by atoms with van der Waals surface area (Å²) in [5.74, 6) is -1.73. The zero-order valence-corrected chi connectivity index (χ0v) is 19.6. The SMILES string of the molecule is Cc1cnc([C@@H]2CC(N3CC(/C=N/S(=O)(=O)N(C)C)[C@@H](F)C3)=NO2)c(-c2c(F)cccc2F)c1. The second kappa shape index (κ2) is 9.34. The molecule has 1 unspecified atom stereocenters. The average Bonchev–Trinajstić information content (AvgIpc) is 3.39. The van der Waals surface area contributed by atoms with Crippen molar-refractivity contribution < 1.29 is 26.4 Å². The molecule has 8 nitrogen and oxygen atoms in total. The van der Waals surface area contributed by atoms with Crippen LogP contribution in [-0.2, 0) is 15.0 Å². The van der Waals surface area contributed by atoms with Crippen LogP contribution in [0.5, 0.6) is 0 Å². The van der Waals surface area contributed by atoms with Gasteiger partial charge in [0, 0.05) is 44.5 Å². The van der Waals surface area contributed by atoms with Crippen LogP contribution in [-0.4, -0.2) is 68.0 Å². The van der Waals surface area contributed by atoms with Gasteiger partial charge in [0.05, 0.1) is 24.2 Å². The second-order valence-electron chi connectivity index (χ2n) is 8.45. The molecule has 1 aromatic heterocycles. The molecule has 0 saturated carbocycles. The highest BCUT2D eigenvalue weighted by Gasteiger charge is 2.38. The van der Waals surface area contributed by atoms with Crippen LogP contribution in [0.3, 0.4) is 0 Å². The fourth-order valence-electron chi connectivity index (χ4n) is 3.88.